The van der Waals surface area contributed by atoms with E-state index >= 15 is 0 Å². The Labute approximate surface area is 213 Å². The standard InChI is InChI=1S/C28H27N5O4/c34-23-9-8-22(27(36)31-23)33-14-17-12-16(6-7-19(17)28(33)37)26(35)30-21-13-29-25-20(24(21)15-4-5-15)10-11-32(25)18-2-1-3-18/h6-7,10-13,15,18,22H,1-5,8-9,14H2,(H,30,35)(H,31,34,36). The van der Waals surface area contributed by atoms with E-state index in [0.29, 0.717) is 35.1 Å². The fraction of sp³-hybridized carbons (Fsp3) is 0.393. The predicted octanol–water partition coefficient (Wildman–Crippen LogP) is 3.65. The smallest absolute Gasteiger partial charge is 0.255 e. The number of imide groups is 1. The molecule has 9 nitrogen and oxygen atoms in total. The lowest BCUT2D eigenvalue weighted by atomic mass is 9.93. The van der Waals surface area contributed by atoms with Crippen molar-refractivity contribution in [1.82, 2.24) is 19.8 Å². The van der Waals surface area contributed by atoms with E-state index in [1.54, 1.807) is 24.4 Å². The molecule has 2 saturated carbocycles. The molecule has 1 unspecified atom stereocenters. The first-order valence-corrected chi connectivity index (χ1v) is 13.1. The summed E-state index contributed by atoms with van der Waals surface area (Å²) < 4.78 is 2.28. The molecule has 2 aromatic heterocycles. The molecule has 4 aliphatic rings. The molecule has 2 N–H and O–H groups in total. The average molecular weight is 498 g/mol. The zero-order valence-electron chi connectivity index (χ0n) is 20.3. The largest absolute Gasteiger partial charge is 0.329 e. The highest BCUT2D eigenvalue weighted by Gasteiger charge is 2.39. The number of nitrogens with zero attached hydrogens (tertiary/aromatic N) is 3. The van der Waals surface area contributed by atoms with Gasteiger partial charge in [-0.25, -0.2) is 4.98 Å². The van der Waals surface area contributed by atoms with Gasteiger partial charge in [0.1, 0.15) is 11.7 Å². The van der Waals surface area contributed by atoms with Crippen LogP contribution in [0.5, 0.6) is 0 Å². The summed E-state index contributed by atoms with van der Waals surface area (Å²) in [4.78, 5) is 56.3. The molecule has 2 aliphatic heterocycles. The Morgan fingerprint density at radius 3 is 2.62 bits per heavy atom. The number of amides is 4. The minimum atomic E-state index is -0.680. The molecule has 7 rings (SSSR count). The van der Waals surface area contributed by atoms with Gasteiger partial charge in [0.15, 0.2) is 0 Å². The summed E-state index contributed by atoms with van der Waals surface area (Å²) in [5, 5.41) is 6.52. The fourth-order valence-corrected chi connectivity index (χ4v) is 5.91. The second-order valence-corrected chi connectivity index (χ2v) is 10.6. The maximum Gasteiger partial charge on any atom is 0.255 e. The van der Waals surface area contributed by atoms with Crippen LogP contribution in [-0.2, 0) is 16.1 Å². The number of aromatic nitrogens is 2. The molecule has 2 aliphatic carbocycles. The van der Waals surface area contributed by atoms with Gasteiger partial charge in [-0.2, -0.15) is 0 Å². The predicted molar refractivity (Wildman–Crippen MR) is 135 cm³/mol. The first kappa shape index (κ1) is 22.2. The van der Waals surface area contributed by atoms with Gasteiger partial charge in [-0.05, 0) is 79.8 Å². The third kappa shape index (κ3) is 3.63. The SMILES string of the molecule is O=C1CCC(N2Cc3cc(C(=O)Nc4cnc5c(ccn5C5CCC5)c4C4CC4)ccc3C2=O)C(=O)N1. The van der Waals surface area contributed by atoms with Crippen molar-refractivity contribution in [2.75, 3.05) is 5.32 Å². The molecule has 1 saturated heterocycles. The first-order chi connectivity index (χ1) is 18.0. The van der Waals surface area contributed by atoms with Crippen LogP contribution >= 0.6 is 0 Å². The summed E-state index contributed by atoms with van der Waals surface area (Å²) >= 11 is 0. The van der Waals surface area contributed by atoms with Crippen molar-refractivity contribution in [2.24, 2.45) is 0 Å². The maximum atomic E-state index is 13.3. The van der Waals surface area contributed by atoms with E-state index < -0.39 is 11.9 Å². The summed E-state index contributed by atoms with van der Waals surface area (Å²) in [6, 6.07) is 7.00. The first-order valence-electron chi connectivity index (χ1n) is 13.1. The van der Waals surface area contributed by atoms with Crippen LogP contribution in [0.25, 0.3) is 11.0 Å². The van der Waals surface area contributed by atoms with Crippen LogP contribution in [0, 0.1) is 0 Å². The third-order valence-electron chi connectivity index (χ3n) is 8.27. The van der Waals surface area contributed by atoms with Crippen molar-refractivity contribution in [3.05, 3.63) is 58.9 Å². The van der Waals surface area contributed by atoms with Gasteiger partial charge in [0.25, 0.3) is 11.8 Å². The maximum absolute atomic E-state index is 13.3. The number of benzene rings is 1. The molecule has 9 heteroatoms. The molecule has 0 radical (unpaired) electrons. The third-order valence-corrected chi connectivity index (χ3v) is 8.27. The number of pyridine rings is 1. The summed E-state index contributed by atoms with van der Waals surface area (Å²) in [5.74, 6) is -0.841. The molecule has 4 amide bonds. The van der Waals surface area contributed by atoms with Crippen LogP contribution in [-0.4, -0.2) is 44.1 Å². The van der Waals surface area contributed by atoms with Gasteiger partial charge >= 0.3 is 0 Å². The monoisotopic (exact) mass is 497 g/mol. The van der Waals surface area contributed by atoms with Crippen LogP contribution < -0.4 is 10.6 Å². The lowest BCUT2D eigenvalue weighted by molar-refractivity contribution is -0.136. The molecule has 4 heterocycles. The lowest BCUT2D eigenvalue weighted by Gasteiger charge is -2.29. The lowest BCUT2D eigenvalue weighted by Crippen LogP contribution is -2.52. The number of fused-ring (bicyclic) bond motifs is 2. The highest BCUT2D eigenvalue weighted by atomic mass is 16.2. The topological polar surface area (TPSA) is 113 Å². The summed E-state index contributed by atoms with van der Waals surface area (Å²) in [6.45, 7) is 0.233. The zero-order chi connectivity index (χ0) is 25.3. The molecule has 0 bridgehead atoms. The molecule has 188 valence electrons. The fourth-order valence-electron chi connectivity index (χ4n) is 5.91. The number of rotatable bonds is 5. The number of anilines is 1. The molecular formula is C28H27N5O4. The van der Waals surface area contributed by atoms with Crippen LogP contribution in [0.1, 0.15) is 88.7 Å². The van der Waals surface area contributed by atoms with Crippen LogP contribution in [0.3, 0.4) is 0 Å². The Morgan fingerprint density at radius 2 is 1.89 bits per heavy atom. The van der Waals surface area contributed by atoms with Crippen molar-refractivity contribution in [1.29, 1.82) is 0 Å². The van der Waals surface area contributed by atoms with E-state index in [9.17, 15) is 19.2 Å². The summed E-state index contributed by atoms with van der Waals surface area (Å²) in [6.07, 6.45) is 10.3. The highest BCUT2D eigenvalue weighted by Crippen LogP contribution is 2.47. The number of piperidine rings is 1. The minimum Gasteiger partial charge on any atom is -0.329 e. The average Bonchev–Trinajstić information content (AvgIpc) is 3.53. The summed E-state index contributed by atoms with van der Waals surface area (Å²) in [5.41, 5.74) is 4.54. The second kappa shape index (κ2) is 8.26. The normalized spacial score (nSPS) is 21.7. The van der Waals surface area contributed by atoms with Crippen LogP contribution in [0.4, 0.5) is 5.69 Å². The minimum absolute atomic E-state index is 0.204. The van der Waals surface area contributed by atoms with Gasteiger partial charge < -0.3 is 14.8 Å². The van der Waals surface area contributed by atoms with E-state index in [4.69, 9.17) is 4.98 Å². The molecule has 3 fully saturated rings. The molecular weight excluding hydrogens is 470 g/mol. The quantitative estimate of drug-likeness (QED) is 0.523. The number of hydrogen-bond acceptors (Lipinski definition) is 5. The molecule has 3 aromatic rings. The van der Waals surface area contributed by atoms with E-state index in [0.717, 1.165) is 35.1 Å². The Hall–Kier alpha value is -4.01. The Morgan fingerprint density at radius 1 is 1.05 bits per heavy atom. The summed E-state index contributed by atoms with van der Waals surface area (Å²) in [7, 11) is 0. The van der Waals surface area contributed by atoms with E-state index in [1.165, 1.54) is 24.2 Å². The number of nitrogens with one attached hydrogen (secondary N) is 2. The number of carbonyl (C=O) groups excluding carboxylic acids is 4. The second-order valence-electron chi connectivity index (χ2n) is 10.6. The van der Waals surface area contributed by atoms with E-state index in [-0.39, 0.29) is 30.7 Å². The number of hydrogen-bond donors (Lipinski definition) is 2. The zero-order valence-corrected chi connectivity index (χ0v) is 20.3. The Bertz CT molecular complexity index is 1500. The van der Waals surface area contributed by atoms with E-state index in [2.05, 4.69) is 27.5 Å². The van der Waals surface area contributed by atoms with Crippen molar-refractivity contribution in [3.8, 4) is 0 Å². The highest BCUT2D eigenvalue weighted by molar-refractivity contribution is 6.08. The Kier molecular flexibility index (Phi) is 4.96. The van der Waals surface area contributed by atoms with Gasteiger partial charge in [-0.1, -0.05) is 0 Å². The van der Waals surface area contributed by atoms with Crippen molar-refractivity contribution in [2.45, 2.75) is 69.5 Å². The van der Waals surface area contributed by atoms with Crippen molar-refractivity contribution in [3.63, 3.8) is 0 Å². The Balaban J connectivity index is 1.14. The van der Waals surface area contributed by atoms with Gasteiger partial charge in [-0.3, -0.25) is 24.5 Å². The van der Waals surface area contributed by atoms with Gasteiger partial charge in [0.2, 0.25) is 11.8 Å². The van der Waals surface area contributed by atoms with Gasteiger partial charge in [0, 0.05) is 41.7 Å². The van der Waals surface area contributed by atoms with Gasteiger partial charge in [0.05, 0.1) is 11.9 Å². The molecule has 0 spiro atoms. The van der Waals surface area contributed by atoms with Crippen LogP contribution in [0.2, 0.25) is 0 Å². The van der Waals surface area contributed by atoms with Crippen molar-refractivity contribution >= 4 is 40.3 Å². The molecule has 1 aromatic carbocycles. The molecule has 37 heavy (non-hydrogen) atoms. The van der Waals surface area contributed by atoms with Crippen LogP contribution in [0.15, 0.2) is 36.7 Å². The van der Waals surface area contributed by atoms with Gasteiger partial charge in [-0.15, -0.1) is 0 Å². The van der Waals surface area contributed by atoms with E-state index in [1.807, 2.05) is 0 Å². The number of carbonyl (C=O) groups is 4. The molecule has 1 atom stereocenters. The van der Waals surface area contributed by atoms with Crippen molar-refractivity contribution < 1.29 is 19.2 Å².